The van der Waals surface area contributed by atoms with Crippen LogP contribution in [0.15, 0.2) is 54.6 Å². The summed E-state index contributed by atoms with van der Waals surface area (Å²) in [6.45, 7) is 2.66. The van der Waals surface area contributed by atoms with Crippen molar-refractivity contribution in [1.29, 1.82) is 0 Å². The summed E-state index contributed by atoms with van der Waals surface area (Å²) < 4.78 is 19.8. The lowest BCUT2D eigenvalue weighted by atomic mass is 9.94. The molecule has 0 aromatic heterocycles. The van der Waals surface area contributed by atoms with E-state index < -0.39 is 11.7 Å². The van der Waals surface area contributed by atoms with Crippen LogP contribution in [-0.4, -0.2) is 49.6 Å². The number of benzene rings is 3. The highest BCUT2D eigenvalue weighted by atomic mass is 35.5. The Labute approximate surface area is 213 Å². The molecule has 0 radical (unpaired) electrons. The number of hydrogen-bond donors (Lipinski definition) is 0. The van der Waals surface area contributed by atoms with Gasteiger partial charge in [0.15, 0.2) is 0 Å². The second kappa shape index (κ2) is 9.97. The summed E-state index contributed by atoms with van der Waals surface area (Å²) in [7, 11) is 0. The molecule has 1 fully saturated rings. The summed E-state index contributed by atoms with van der Waals surface area (Å²) >= 11 is 12.7. The Balaban J connectivity index is 1.47. The van der Waals surface area contributed by atoms with Crippen molar-refractivity contribution >= 4 is 40.7 Å². The summed E-state index contributed by atoms with van der Waals surface area (Å²) in [5.74, 6) is -1.15. The first-order chi connectivity index (χ1) is 16.9. The lowest BCUT2D eigenvalue weighted by Gasteiger charge is -2.30. The average Bonchev–Trinajstić information content (AvgIpc) is 2.88. The second-order valence-corrected chi connectivity index (χ2v) is 9.41. The third-order valence-electron chi connectivity index (χ3n) is 6.44. The Morgan fingerprint density at radius 2 is 1.69 bits per heavy atom. The first-order valence-electron chi connectivity index (χ1n) is 11.5. The number of amides is 2. The molecule has 0 saturated carbocycles. The maximum absolute atomic E-state index is 14.4. The van der Waals surface area contributed by atoms with Crippen LogP contribution in [-0.2, 0) is 11.2 Å². The lowest BCUT2D eigenvalue weighted by molar-refractivity contribution is 0.0303. The first kappa shape index (κ1) is 23.8. The van der Waals surface area contributed by atoms with Crippen molar-refractivity contribution in [3.8, 4) is 11.1 Å². The molecule has 35 heavy (non-hydrogen) atoms. The Bertz CT molecular complexity index is 1290. The maximum atomic E-state index is 14.4. The van der Waals surface area contributed by atoms with Gasteiger partial charge in [-0.25, -0.2) is 4.39 Å². The highest BCUT2D eigenvalue weighted by molar-refractivity contribution is 6.34. The van der Waals surface area contributed by atoms with Gasteiger partial charge in [0, 0.05) is 41.5 Å². The minimum absolute atomic E-state index is 0.0530. The molecule has 0 N–H and O–H groups in total. The van der Waals surface area contributed by atoms with E-state index in [1.807, 2.05) is 24.3 Å². The minimum Gasteiger partial charge on any atom is -0.378 e. The molecule has 3 aromatic rings. The minimum atomic E-state index is -0.639. The van der Waals surface area contributed by atoms with Gasteiger partial charge < -0.3 is 14.5 Å². The van der Waals surface area contributed by atoms with Crippen molar-refractivity contribution in [3.05, 3.63) is 87.2 Å². The number of carbonyl (C=O) groups is 2. The molecule has 2 amide bonds. The van der Waals surface area contributed by atoms with Gasteiger partial charge in [0.25, 0.3) is 11.8 Å². The van der Waals surface area contributed by atoms with E-state index in [1.165, 1.54) is 18.2 Å². The van der Waals surface area contributed by atoms with Gasteiger partial charge in [0.2, 0.25) is 0 Å². The summed E-state index contributed by atoms with van der Waals surface area (Å²) in [5.41, 5.74) is 3.72. The van der Waals surface area contributed by atoms with E-state index in [-0.39, 0.29) is 16.5 Å². The number of morpholine rings is 1. The number of aryl methyl sites for hydroxylation is 1. The predicted octanol–water partition coefficient (Wildman–Crippen LogP) is 5.86. The molecular formula is C27H23Cl2FN2O3. The van der Waals surface area contributed by atoms with Crippen LogP contribution in [0.3, 0.4) is 0 Å². The van der Waals surface area contributed by atoms with Crippen LogP contribution < -0.4 is 4.90 Å². The highest BCUT2D eigenvalue weighted by Gasteiger charge is 2.28. The molecule has 2 heterocycles. The van der Waals surface area contributed by atoms with Crippen molar-refractivity contribution in [2.45, 2.75) is 12.8 Å². The zero-order valence-electron chi connectivity index (χ0n) is 18.9. The zero-order valence-corrected chi connectivity index (χ0v) is 20.4. The van der Waals surface area contributed by atoms with Gasteiger partial charge in [-0.05, 0) is 66.4 Å². The second-order valence-electron chi connectivity index (χ2n) is 8.60. The van der Waals surface area contributed by atoms with E-state index >= 15 is 0 Å². The average molecular weight is 513 g/mol. The van der Waals surface area contributed by atoms with Crippen molar-refractivity contribution < 1.29 is 18.7 Å². The van der Waals surface area contributed by atoms with Gasteiger partial charge in [-0.2, -0.15) is 0 Å². The predicted molar refractivity (Wildman–Crippen MR) is 135 cm³/mol. The van der Waals surface area contributed by atoms with Crippen LogP contribution in [0.5, 0.6) is 0 Å². The van der Waals surface area contributed by atoms with E-state index in [1.54, 1.807) is 21.9 Å². The largest absolute Gasteiger partial charge is 0.378 e. The Kier molecular flexibility index (Phi) is 6.78. The Hall–Kier alpha value is -2.93. The monoisotopic (exact) mass is 512 g/mol. The summed E-state index contributed by atoms with van der Waals surface area (Å²) in [5, 5.41) is 0.623. The fraction of sp³-hybridized carbons (Fsp3) is 0.259. The molecular weight excluding hydrogens is 490 g/mol. The molecule has 0 bridgehead atoms. The molecule has 0 spiro atoms. The van der Waals surface area contributed by atoms with Crippen LogP contribution in [0.25, 0.3) is 11.1 Å². The van der Waals surface area contributed by atoms with Crippen LogP contribution in [0.4, 0.5) is 10.1 Å². The molecule has 2 aliphatic heterocycles. The molecule has 5 rings (SSSR count). The van der Waals surface area contributed by atoms with E-state index in [4.69, 9.17) is 27.9 Å². The maximum Gasteiger partial charge on any atom is 0.262 e. The van der Waals surface area contributed by atoms with Crippen molar-refractivity contribution in [1.82, 2.24) is 4.90 Å². The molecule has 2 aliphatic rings. The van der Waals surface area contributed by atoms with E-state index in [0.29, 0.717) is 43.4 Å². The van der Waals surface area contributed by atoms with Gasteiger partial charge >= 0.3 is 0 Å². The van der Waals surface area contributed by atoms with Gasteiger partial charge in [-0.1, -0.05) is 35.3 Å². The van der Waals surface area contributed by atoms with Gasteiger partial charge in [0.1, 0.15) is 5.82 Å². The molecule has 3 aromatic carbocycles. The number of ether oxygens (including phenoxy) is 1. The molecule has 5 nitrogen and oxygen atoms in total. The third-order valence-corrected chi connectivity index (χ3v) is 7.09. The Morgan fingerprint density at radius 1 is 0.886 bits per heavy atom. The van der Waals surface area contributed by atoms with E-state index in [9.17, 15) is 14.0 Å². The van der Waals surface area contributed by atoms with Gasteiger partial charge in [-0.3, -0.25) is 9.59 Å². The molecule has 8 heteroatoms. The number of fused-ring (bicyclic) bond motifs is 1. The molecule has 0 unspecified atom stereocenters. The normalized spacial score (nSPS) is 15.6. The quantitative estimate of drug-likeness (QED) is 0.441. The zero-order chi connectivity index (χ0) is 24.5. The SMILES string of the molecule is O=C(c1ccc(Cl)c(-c2ccc3c(c2)CCCN3C(=O)c2c(F)cccc2Cl)c1)N1CCOCC1. The topological polar surface area (TPSA) is 49.9 Å². The smallest absolute Gasteiger partial charge is 0.262 e. The van der Waals surface area contributed by atoms with Gasteiger partial charge in [0.05, 0.1) is 23.8 Å². The molecule has 1 saturated heterocycles. The summed E-state index contributed by atoms with van der Waals surface area (Å²) in [6.07, 6.45) is 1.50. The van der Waals surface area contributed by atoms with Crippen molar-refractivity contribution in [2.75, 3.05) is 37.7 Å². The third kappa shape index (κ3) is 4.66. The highest BCUT2D eigenvalue weighted by Crippen LogP contribution is 2.36. The van der Waals surface area contributed by atoms with Crippen LogP contribution in [0.1, 0.15) is 32.7 Å². The van der Waals surface area contributed by atoms with Crippen LogP contribution in [0, 0.1) is 5.82 Å². The number of anilines is 1. The standard InChI is InChI=1S/C27H23Cl2FN2O3/c28-21-8-6-19(26(33)31-11-13-35-14-12-31)16-20(21)17-7-9-24-18(15-17)3-2-10-32(24)27(34)25-22(29)4-1-5-23(25)30/h1,4-9,15-16H,2-3,10-14H2. The van der Waals surface area contributed by atoms with Crippen LogP contribution >= 0.6 is 23.2 Å². The number of carbonyl (C=O) groups excluding carboxylic acids is 2. The fourth-order valence-corrected chi connectivity index (χ4v) is 5.11. The van der Waals surface area contributed by atoms with Crippen molar-refractivity contribution in [3.63, 3.8) is 0 Å². The molecule has 0 atom stereocenters. The molecule has 180 valence electrons. The number of rotatable bonds is 3. The molecule has 0 aliphatic carbocycles. The Morgan fingerprint density at radius 3 is 2.46 bits per heavy atom. The number of hydrogen-bond acceptors (Lipinski definition) is 3. The summed E-state index contributed by atoms with van der Waals surface area (Å²) in [6, 6.07) is 15.2. The first-order valence-corrected chi connectivity index (χ1v) is 12.3. The van der Waals surface area contributed by atoms with Gasteiger partial charge in [-0.15, -0.1) is 0 Å². The fourth-order valence-electron chi connectivity index (χ4n) is 4.64. The lowest BCUT2D eigenvalue weighted by Crippen LogP contribution is -2.40. The summed E-state index contributed by atoms with van der Waals surface area (Å²) in [4.78, 5) is 29.5. The number of halogens is 3. The van der Waals surface area contributed by atoms with E-state index in [2.05, 4.69) is 0 Å². The number of nitrogens with zero attached hydrogens (tertiary/aromatic N) is 2. The van der Waals surface area contributed by atoms with Crippen LogP contribution in [0.2, 0.25) is 10.0 Å². The van der Waals surface area contributed by atoms with Crippen molar-refractivity contribution in [2.24, 2.45) is 0 Å². The van der Waals surface area contributed by atoms with E-state index in [0.717, 1.165) is 35.2 Å².